The fraction of sp³-hybridized carbons (Fsp3) is 0.300. The highest BCUT2D eigenvalue weighted by Crippen LogP contribution is 2.11. The van der Waals surface area contributed by atoms with Crippen molar-refractivity contribution in [2.45, 2.75) is 13.8 Å². The molecule has 0 spiro atoms. The van der Waals surface area contributed by atoms with Crippen LogP contribution in [0.3, 0.4) is 0 Å². The molecule has 2 heterocycles. The summed E-state index contributed by atoms with van der Waals surface area (Å²) in [5, 5.41) is 6.70. The average Bonchev–Trinajstić information content (AvgIpc) is 2.74. The number of aromatic nitrogens is 3. The maximum Gasteiger partial charge on any atom is 0.261 e. The summed E-state index contributed by atoms with van der Waals surface area (Å²) in [5.41, 5.74) is 0.501. The highest BCUT2D eigenvalue weighted by atomic mass is 16.3. The van der Waals surface area contributed by atoms with Crippen LogP contribution in [0.2, 0.25) is 0 Å². The highest BCUT2D eigenvalue weighted by Gasteiger charge is 2.14. The van der Waals surface area contributed by atoms with Gasteiger partial charge in [0, 0.05) is 7.05 Å². The Morgan fingerprint density at radius 1 is 1.50 bits per heavy atom. The Hall–Kier alpha value is -2.11. The third-order valence-corrected chi connectivity index (χ3v) is 2.20. The molecule has 0 radical (unpaired) electrons. The van der Waals surface area contributed by atoms with Crippen LogP contribution in [0, 0.1) is 13.8 Å². The number of nitrogens with zero attached hydrogens (tertiary/aromatic N) is 3. The Morgan fingerprint density at radius 3 is 2.75 bits per heavy atom. The lowest BCUT2D eigenvalue weighted by molar-refractivity contribution is 0.102. The summed E-state index contributed by atoms with van der Waals surface area (Å²) in [5.74, 6) is 1.36. The van der Waals surface area contributed by atoms with Crippen molar-refractivity contribution in [2.75, 3.05) is 5.32 Å². The Labute approximate surface area is 92.3 Å². The number of carbonyl (C=O) groups excluding carboxylic acids is 1. The molecule has 1 amide bonds. The van der Waals surface area contributed by atoms with Crippen molar-refractivity contribution in [2.24, 2.45) is 7.05 Å². The van der Waals surface area contributed by atoms with E-state index in [2.05, 4.69) is 15.4 Å². The SMILES string of the molecule is Cc1nc(NC(=O)c2ccoc2C)n(C)n1. The van der Waals surface area contributed by atoms with E-state index in [0.29, 0.717) is 23.1 Å². The van der Waals surface area contributed by atoms with E-state index in [0.717, 1.165) is 0 Å². The van der Waals surface area contributed by atoms with Gasteiger partial charge in [-0.1, -0.05) is 0 Å². The number of hydrogen-bond acceptors (Lipinski definition) is 4. The fourth-order valence-corrected chi connectivity index (χ4v) is 1.41. The largest absolute Gasteiger partial charge is 0.469 e. The maximum atomic E-state index is 11.8. The Kier molecular flexibility index (Phi) is 2.47. The van der Waals surface area contributed by atoms with Crippen LogP contribution in [0.5, 0.6) is 0 Å². The standard InChI is InChI=1S/C10H12N4O2/c1-6-8(4-5-16-6)9(15)12-10-11-7(2)13-14(10)3/h4-5H,1-3H3,(H,11,12,13,15). The quantitative estimate of drug-likeness (QED) is 0.827. The summed E-state index contributed by atoms with van der Waals surface area (Å²) < 4.78 is 6.57. The monoisotopic (exact) mass is 220 g/mol. The van der Waals surface area contributed by atoms with Crippen molar-refractivity contribution in [1.29, 1.82) is 0 Å². The van der Waals surface area contributed by atoms with E-state index in [1.54, 1.807) is 27.0 Å². The van der Waals surface area contributed by atoms with Crippen molar-refractivity contribution < 1.29 is 9.21 Å². The number of carbonyl (C=O) groups is 1. The molecule has 2 aromatic heterocycles. The van der Waals surface area contributed by atoms with Gasteiger partial charge in [-0.05, 0) is 19.9 Å². The molecule has 0 saturated carbocycles. The van der Waals surface area contributed by atoms with E-state index in [4.69, 9.17) is 4.42 Å². The predicted molar refractivity (Wildman–Crippen MR) is 57.1 cm³/mol. The van der Waals surface area contributed by atoms with Crippen LogP contribution >= 0.6 is 0 Å². The fourth-order valence-electron chi connectivity index (χ4n) is 1.41. The zero-order chi connectivity index (χ0) is 11.7. The van der Waals surface area contributed by atoms with Crippen LogP contribution < -0.4 is 5.32 Å². The van der Waals surface area contributed by atoms with E-state index >= 15 is 0 Å². The second-order valence-corrected chi connectivity index (χ2v) is 3.45. The number of aryl methyl sites for hydroxylation is 3. The van der Waals surface area contributed by atoms with Crippen molar-refractivity contribution in [1.82, 2.24) is 14.8 Å². The molecule has 6 nitrogen and oxygen atoms in total. The molecular weight excluding hydrogens is 208 g/mol. The van der Waals surface area contributed by atoms with E-state index in [-0.39, 0.29) is 5.91 Å². The van der Waals surface area contributed by atoms with Crippen molar-refractivity contribution in [3.8, 4) is 0 Å². The minimum absolute atomic E-state index is 0.248. The van der Waals surface area contributed by atoms with Gasteiger partial charge in [-0.25, -0.2) is 4.68 Å². The van der Waals surface area contributed by atoms with E-state index in [9.17, 15) is 4.79 Å². The van der Waals surface area contributed by atoms with Gasteiger partial charge in [0.05, 0.1) is 11.8 Å². The molecule has 16 heavy (non-hydrogen) atoms. The van der Waals surface area contributed by atoms with E-state index in [1.807, 2.05) is 0 Å². The lowest BCUT2D eigenvalue weighted by Gasteiger charge is -2.01. The van der Waals surface area contributed by atoms with Gasteiger partial charge < -0.3 is 4.42 Å². The minimum atomic E-state index is -0.248. The van der Waals surface area contributed by atoms with E-state index < -0.39 is 0 Å². The van der Waals surface area contributed by atoms with Gasteiger partial charge in [0.2, 0.25) is 5.95 Å². The normalized spacial score (nSPS) is 10.4. The zero-order valence-corrected chi connectivity index (χ0v) is 9.31. The summed E-state index contributed by atoms with van der Waals surface area (Å²) in [6.07, 6.45) is 1.48. The Bertz CT molecular complexity index is 527. The van der Waals surface area contributed by atoms with Crippen LogP contribution in [-0.4, -0.2) is 20.7 Å². The van der Waals surface area contributed by atoms with Crippen LogP contribution in [0.4, 0.5) is 5.95 Å². The molecule has 2 rings (SSSR count). The van der Waals surface area contributed by atoms with Crippen LogP contribution in [0.1, 0.15) is 21.9 Å². The smallest absolute Gasteiger partial charge is 0.261 e. The van der Waals surface area contributed by atoms with Gasteiger partial charge in [-0.15, -0.1) is 0 Å². The van der Waals surface area contributed by atoms with Gasteiger partial charge >= 0.3 is 0 Å². The molecule has 2 aromatic rings. The molecule has 0 bridgehead atoms. The molecule has 0 aliphatic heterocycles. The van der Waals surface area contributed by atoms with Crippen LogP contribution in [0.25, 0.3) is 0 Å². The second-order valence-electron chi connectivity index (χ2n) is 3.45. The molecule has 0 aliphatic rings. The zero-order valence-electron chi connectivity index (χ0n) is 9.31. The first-order valence-corrected chi connectivity index (χ1v) is 4.81. The topological polar surface area (TPSA) is 73.0 Å². The molecular formula is C10H12N4O2. The molecule has 0 atom stereocenters. The van der Waals surface area contributed by atoms with Gasteiger partial charge in [0.25, 0.3) is 5.91 Å². The Morgan fingerprint density at radius 2 is 2.25 bits per heavy atom. The molecule has 0 fully saturated rings. The van der Waals surface area contributed by atoms with Crippen LogP contribution in [0.15, 0.2) is 16.7 Å². The summed E-state index contributed by atoms with van der Waals surface area (Å²) in [6.45, 7) is 3.50. The lowest BCUT2D eigenvalue weighted by Crippen LogP contribution is -2.15. The summed E-state index contributed by atoms with van der Waals surface area (Å²) in [4.78, 5) is 15.9. The van der Waals surface area contributed by atoms with E-state index in [1.165, 1.54) is 10.9 Å². The molecule has 6 heteroatoms. The molecule has 0 aromatic carbocycles. The van der Waals surface area contributed by atoms with Crippen molar-refractivity contribution in [3.05, 3.63) is 29.5 Å². The first-order chi connectivity index (χ1) is 7.58. The maximum absolute atomic E-state index is 11.8. The van der Waals surface area contributed by atoms with Gasteiger partial charge in [-0.2, -0.15) is 10.1 Å². The van der Waals surface area contributed by atoms with Gasteiger partial charge in [-0.3, -0.25) is 10.1 Å². The highest BCUT2D eigenvalue weighted by molar-refractivity contribution is 6.04. The third kappa shape index (κ3) is 1.81. The number of nitrogens with one attached hydrogen (secondary N) is 1. The molecule has 0 unspecified atom stereocenters. The van der Waals surface area contributed by atoms with Crippen molar-refractivity contribution in [3.63, 3.8) is 0 Å². The van der Waals surface area contributed by atoms with Crippen LogP contribution in [-0.2, 0) is 7.05 Å². The summed E-state index contributed by atoms with van der Waals surface area (Å²) >= 11 is 0. The lowest BCUT2D eigenvalue weighted by atomic mass is 10.2. The molecule has 84 valence electrons. The second kappa shape index (κ2) is 3.80. The number of furan rings is 1. The molecule has 0 saturated heterocycles. The first kappa shape index (κ1) is 10.4. The third-order valence-electron chi connectivity index (χ3n) is 2.20. The Balaban J connectivity index is 2.20. The number of amides is 1. The summed E-state index contributed by atoms with van der Waals surface area (Å²) in [6, 6.07) is 1.62. The summed E-state index contributed by atoms with van der Waals surface area (Å²) in [7, 11) is 1.72. The number of anilines is 1. The predicted octanol–water partition coefficient (Wildman–Crippen LogP) is 1.28. The number of hydrogen-bond donors (Lipinski definition) is 1. The van der Waals surface area contributed by atoms with Gasteiger partial charge in [0.1, 0.15) is 11.6 Å². The molecule has 0 aliphatic carbocycles. The average molecular weight is 220 g/mol. The number of rotatable bonds is 2. The first-order valence-electron chi connectivity index (χ1n) is 4.81. The van der Waals surface area contributed by atoms with Gasteiger partial charge in [0.15, 0.2) is 0 Å². The molecule has 1 N–H and O–H groups in total. The van der Waals surface area contributed by atoms with Crippen molar-refractivity contribution >= 4 is 11.9 Å². The minimum Gasteiger partial charge on any atom is -0.469 e.